The van der Waals surface area contributed by atoms with Crippen LogP contribution in [-0.4, -0.2) is 43.8 Å². The van der Waals surface area contributed by atoms with Crippen LogP contribution >= 0.6 is 0 Å². The summed E-state index contributed by atoms with van der Waals surface area (Å²) in [6.07, 6.45) is 3.43. The van der Waals surface area contributed by atoms with Gasteiger partial charge in [-0.1, -0.05) is 12.5 Å². The minimum atomic E-state index is -3.83. The van der Waals surface area contributed by atoms with Crippen molar-refractivity contribution in [1.29, 1.82) is 0 Å². The highest BCUT2D eigenvalue weighted by Gasteiger charge is 2.20. The predicted molar refractivity (Wildman–Crippen MR) is 131 cm³/mol. The van der Waals surface area contributed by atoms with E-state index in [-0.39, 0.29) is 16.6 Å². The zero-order chi connectivity index (χ0) is 24.9. The lowest BCUT2D eigenvalue weighted by molar-refractivity contribution is -0.119. The molecule has 1 aromatic heterocycles. The number of nitrogens with zero attached hydrogens (tertiary/aromatic N) is 2. The van der Waals surface area contributed by atoms with Gasteiger partial charge in [-0.15, -0.1) is 0 Å². The van der Waals surface area contributed by atoms with E-state index in [4.69, 9.17) is 4.74 Å². The Morgan fingerprint density at radius 3 is 2.62 bits per heavy atom. The molecule has 2 N–H and O–H groups in total. The van der Waals surface area contributed by atoms with Gasteiger partial charge in [0.1, 0.15) is 5.84 Å². The Labute approximate surface area is 200 Å². The number of amides is 1. The van der Waals surface area contributed by atoms with Gasteiger partial charge >= 0.3 is 5.97 Å². The number of nitrogens with one attached hydrogen (secondary N) is 2. The largest absolute Gasteiger partial charge is 0.452 e. The maximum absolute atomic E-state index is 12.8. The van der Waals surface area contributed by atoms with Crippen LogP contribution < -0.4 is 10.0 Å². The summed E-state index contributed by atoms with van der Waals surface area (Å²) in [6, 6.07) is 7.84. The molecule has 1 aliphatic rings. The summed E-state index contributed by atoms with van der Waals surface area (Å²) in [4.78, 5) is 29.2. The van der Waals surface area contributed by atoms with Gasteiger partial charge in [0.25, 0.3) is 15.9 Å². The molecule has 0 spiro atoms. The van der Waals surface area contributed by atoms with Gasteiger partial charge in [-0.05, 0) is 64.8 Å². The molecule has 1 amide bonds. The molecule has 9 nitrogen and oxygen atoms in total. The van der Waals surface area contributed by atoms with E-state index in [0.29, 0.717) is 24.4 Å². The van der Waals surface area contributed by atoms with E-state index in [1.165, 1.54) is 18.2 Å². The number of ether oxygens (including phenoxy) is 1. The van der Waals surface area contributed by atoms with Gasteiger partial charge in [0.2, 0.25) is 0 Å². The highest BCUT2D eigenvalue weighted by Crippen LogP contribution is 2.21. The van der Waals surface area contributed by atoms with E-state index in [9.17, 15) is 18.0 Å². The Hall–Kier alpha value is -3.14. The number of amidine groups is 1. The third-order valence-electron chi connectivity index (χ3n) is 5.61. The second kappa shape index (κ2) is 10.9. The Bertz CT molecular complexity index is 1200. The summed E-state index contributed by atoms with van der Waals surface area (Å²) in [6.45, 7) is 7.91. The van der Waals surface area contributed by atoms with Crippen molar-refractivity contribution in [2.24, 2.45) is 4.99 Å². The van der Waals surface area contributed by atoms with Crippen molar-refractivity contribution in [2.45, 2.75) is 64.3 Å². The molecular weight excluding hydrogens is 456 g/mol. The van der Waals surface area contributed by atoms with Crippen LogP contribution in [0, 0.1) is 13.8 Å². The Morgan fingerprint density at radius 1 is 1.15 bits per heavy atom. The van der Waals surface area contributed by atoms with Gasteiger partial charge < -0.3 is 14.6 Å². The van der Waals surface area contributed by atoms with Crippen LogP contribution in [0.4, 0.5) is 5.69 Å². The summed E-state index contributed by atoms with van der Waals surface area (Å²) in [5.41, 5.74) is 2.41. The fourth-order valence-electron chi connectivity index (χ4n) is 4.10. The number of aromatic nitrogens is 1. The number of carbonyl (C=O) groups excluding carboxylic acids is 2. The normalized spacial score (nSPS) is 14.3. The van der Waals surface area contributed by atoms with E-state index in [1.807, 2.05) is 32.3 Å². The summed E-state index contributed by atoms with van der Waals surface area (Å²) in [5.74, 6) is -0.697. The molecule has 10 heteroatoms. The van der Waals surface area contributed by atoms with Crippen molar-refractivity contribution in [2.75, 3.05) is 18.5 Å². The molecule has 1 aromatic carbocycles. The molecule has 34 heavy (non-hydrogen) atoms. The number of anilines is 1. The van der Waals surface area contributed by atoms with Crippen molar-refractivity contribution in [3.05, 3.63) is 47.3 Å². The van der Waals surface area contributed by atoms with Gasteiger partial charge in [0, 0.05) is 36.1 Å². The van der Waals surface area contributed by atoms with Gasteiger partial charge in [0.15, 0.2) is 6.61 Å². The maximum Gasteiger partial charge on any atom is 0.340 e. The monoisotopic (exact) mass is 488 g/mol. The first kappa shape index (κ1) is 25.5. The van der Waals surface area contributed by atoms with Crippen LogP contribution in [0.25, 0.3) is 0 Å². The van der Waals surface area contributed by atoms with E-state index in [2.05, 4.69) is 15.0 Å². The molecule has 0 saturated heterocycles. The third kappa shape index (κ3) is 6.25. The molecule has 184 valence electrons. The maximum atomic E-state index is 12.8. The lowest BCUT2D eigenvalue weighted by atomic mass is 10.2. The van der Waals surface area contributed by atoms with Crippen molar-refractivity contribution in [3.63, 3.8) is 0 Å². The van der Waals surface area contributed by atoms with Crippen LogP contribution in [0.1, 0.15) is 67.3 Å². The zero-order valence-corrected chi connectivity index (χ0v) is 20.9. The molecule has 2 heterocycles. The van der Waals surface area contributed by atoms with Crippen LogP contribution in [0.15, 0.2) is 40.2 Å². The molecular formula is C24H32N4O5S. The SMILES string of the molecule is Cc1cc(C(=O)OCC(=O)Nc2cccc(S(=O)(=O)NC3=NCCCCC3)c2)c(C)n1C(C)C. The van der Waals surface area contributed by atoms with Crippen LogP contribution in [0.5, 0.6) is 0 Å². The summed E-state index contributed by atoms with van der Waals surface area (Å²) >= 11 is 0. The molecule has 0 saturated carbocycles. The lowest BCUT2D eigenvalue weighted by Crippen LogP contribution is -2.30. The predicted octanol–water partition coefficient (Wildman–Crippen LogP) is 3.73. The number of esters is 1. The van der Waals surface area contributed by atoms with Crippen LogP contribution in [0.3, 0.4) is 0 Å². The number of carbonyl (C=O) groups is 2. The molecule has 0 aliphatic carbocycles. The van der Waals surface area contributed by atoms with E-state index < -0.39 is 28.5 Å². The number of rotatable bonds is 7. The molecule has 0 fully saturated rings. The Morgan fingerprint density at radius 2 is 1.91 bits per heavy atom. The first-order valence-corrected chi connectivity index (χ1v) is 12.9. The lowest BCUT2D eigenvalue weighted by Gasteiger charge is -2.13. The van der Waals surface area contributed by atoms with Gasteiger partial charge in [-0.25, -0.2) is 13.2 Å². The Kier molecular flexibility index (Phi) is 8.14. The van der Waals surface area contributed by atoms with Crippen LogP contribution in [-0.2, 0) is 19.6 Å². The topological polar surface area (TPSA) is 119 Å². The molecule has 0 radical (unpaired) electrons. The zero-order valence-electron chi connectivity index (χ0n) is 20.1. The summed E-state index contributed by atoms with van der Waals surface area (Å²) in [5, 5.41) is 2.58. The van der Waals surface area contributed by atoms with E-state index >= 15 is 0 Å². The summed E-state index contributed by atoms with van der Waals surface area (Å²) < 4.78 is 35.3. The standard InChI is InChI=1S/C24H32N4O5S/c1-16(2)28-17(3)13-21(18(28)4)24(30)33-15-23(29)26-19-9-8-10-20(14-19)34(31,32)27-22-11-6-5-7-12-25-22/h8-10,13-14,16H,5-7,11-12,15H2,1-4H3,(H,25,27)(H,26,29). The van der Waals surface area contributed by atoms with Crippen molar-refractivity contribution in [1.82, 2.24) is 9.29 Å². The van der Waals surface area contributed by atoms with E-state index in [1.54, 1.807) is 12.1 Å². The number of aliphatic imine (C=N–C) groups is 1. The van der Waals surface area contributed by atoms with Gasteiger partial charge in [-0.2, -0.15) is 0 Å². The van der Waals surface area contributed by atoms with Gasteiger partial charge in [-0.3, -0.25) is 14.5 Å². The van der Waals surface area contributed by atoms with E-state index in [0.717, 1.165) is 30.7 Å². The average Bonchev–Trinajstić information content (AvgIpc) is 2.91. The summed E-state index contributed by atoms with van der Waals surface area (Å²) in [7, 11) is -3.83. The third-order valence-corrected chi connectivity index (χ3v) is 6.99. The number of hydrogen-bond acceptors (Lipinski definition) is 6. The highest BCUT2D eigenvalue weighted by molar-refractivity contribution is 7.90. The van der Waals surface area contributed by atoms with Crippen LogP contribution in [0.2, 0.25) is 0 Å². The smallest absolute Gasteiger partial charge is 0.340 e. The molecule has 3 rings (SSSR count). The Balaban J connectivity index is 1.61. The fraction of sp³-hybridized carbons (Fsp3) is 0.458. The molecule has 2 aromatic rings. The number of aryl methyl sites for hydroxylation is 1. The molecule has 0 unspecified atom stereocenters. The van der Waals surface area contributed by atoms with Crippen molar-refractivity contribution in [3.8, 4) is 0 Å². The van der Waals surface area contributed by atoms with Crippen molar-refractivity contribution < 1.29 is 22.7 Å². The average molecular weight is 489 g/mol. The second-order valence-corrected chi connectivity index (χ2v) is 10.3. The minimum Gasteiger partial charge on any atom is -0.452 e. The fourth-order valence-corrected chi connectivity index (χ4v) is 5.23. The first-order chi connectivity index (χ1) is 16.1. The molecule has 0 atom stereocenters. The number of sulfonamides is 1. The number of benzene rings is 1. The second-order valence-electron chi connectivity index (χ2n) is 8.65. The minimum absolute atomic E-state index is 0.00960. The first-order valence-electron chi connectivity index (χ1n) is 11.4. The number of hydrogen-bond donors (Lipinski definition) is 2. The van der Waals surface area contributed by atoms with Crippen molar-refractivity contribution >= 4 is 33.4 Å². The quantitative estimate of drug-likeness (QED) is 0.576. The van der Waals surface area contributed by atoms with Gasteiger partial charge in [0.05, 0.1) is 10.5 Å². The molecule has 0 bridgehead atoms. The molecule has 1 aliphatic heterocycles. The highest BCUT2D eigenvalue weighted by atomic mass is 32.2.